The van der Waals surface area contributed by atoms with E-state index in [2.05, 4.69) is 31.1 Å². The number of nitrogens with zero attached hydrogens (tertiary/aromatic N) is 3. The maximum absolute atomic E-state index is 12.7. The van der Waals surface area contributed by atoms with Gasteiger partial charge in [0.25, 0.3) is 0 Å². The third kappa shape index (κ3) is 4.56. The number of fused-ring (bicyclic) bond motifs is 1. The number of aromatic nitrogens is 3. The van der Waals surface area contributed by atoms with Crippen LogP contribution in [0.25, 0.3) is 11.0 Å². The van der Waals surface area contributed by atoms with E-state index in [9.17, 15) is 9.59 Å². The van der Waals surface area contributed by atoms with E-state index in [0.29, 0.717) is 11.7 Å². The Morgan fingerprint density at radius 1 is 1.25 bits per heavy atom. The lowest BCUT2D eigenvalue weighted by Gasteiger charge is -2.19. The first-order valence-electron chi connectivity index (χ1n) is 9.14. The van der Waals surface area contributed by atoms with Gasteiger partial charge in [-0.2, -0.15) is 0 Å². The van der Waals surface area contributed by atoms with Gasteiger partial charge in [0.1, 0.15) is 12.4 Å². The Kier molecular flexibility index (Phi) is 5.79. The van der Waals surface area contributed by atoms with Crippen molar-refractivity contribution in [2.24, 2.45) is 0 Å². The van der Waals surface area contributed by atoms with Crippen molar-refractivity contribution in [3.8, 4) is 0 Å². The summed E-state index contributed by atoms with van der Waals surface area (Å²) in [5, 5.41) is 3.28. The van der Waals surface area contributed by atoms with Gasteiger partial charge in [0.2, 0.25) is 5.91 Å². The number of hydrogen-bond donors (Lipinski definition) is 1. The molecule has 0 aliphatic rings. The smallest absolute Gasteiger partial charge is 0.311 e. The molecule has 2 heterocycles. The number of carbonyl (C=O) groups is 2. The minimum absolute atomic E-state index is 0.139. The molecule has 148 valence electrons. The van der Waals surface area contributed by atoms with E-state index in [4.69, 9.17) is 9.72 Å². The zero-order valence-corrected chi connectivity index (χ0v) is 17.3. The van der Waals surface area contributed by atoms with E-state index in [0.717, 1.165) is 21.7 Å². The Morgan fingerprint density at radius 3 is 2.71 bits per heavy atom. The Hall–Kier alpha value is -2.74. The van der Waals surface area contributed by atoms with Gasteiger partial charge in [0, 0.05) is 16.5 Å². The Balaban J connectivity index is 1.75. The van der Waals surface area contributed by atoms with Crippen LogP contribution in [0.1, 0.15) is 38.4 Å². The molecule has 7 nitrogen and oxygen atoms in total. The third-order valence-corrected chi connectivity index (χ3v) is 4.96. The highest BCUT2D eigenvalue weighted by atomic mass is 32.1. The largest absolute Gasteiger partial charge is 0.466 e. The van der Waals surface area contributed by atoms with Crippen LogP contribution in [0.2, 0.25) is 0 Å². The van der Waals surface area contributed by atoms with Crippen LogP contribution in [0.4, 0.5) is 5.13 Å². The van der Waals surface area contributed by atoms with Crippen molar-refractivity contribution in [2.75, 3.05) is 11.9 Å². The summed E-state index contributed by atoms with van der Waals surface area (Å²) in [6, 6.07) is 7.79. The fourth-order valence-corrected chi connectivity index (χ4v) is 3.73. The molecule has 1 amide bonds. The van der Waals surface area contributed by atoms with Crippen LogP contribution in [0, 0.1) is 0 Å². The highest BCUT2D eigenvalue weighted by Crippen LogP contribution is 2.26. The molecule has 0 spiro atoms. The number of nitrogens with one attached hydrogen (secondary N) is 1. The van der Waals surface area contributed by atoms with Gasteiger partial charge in [-0.25, -0.2) is 9.97 Å². The third-order valence-electron chi connectivity index (χ3n) is 4.05. The van der Waals surface area contributed by atoms with Gasteiger partial charge >= 0.3 is 5.97 Å². The van der Waals surface area contributed by atoms with E-state index in [1.165, 1.54) is 11.3 Å². The SMILES string of the molecule is CCOC(=O)Cc1cnc(NC(=O)Cn2c(C(C)(C)C)nc3ccccc32)s1. The van der Waals surface area contributed by atoms with Crippen molar-refractivity contribution in [1.82, 2.24) is 14.5 Å². The molecule has 0 aliphatic heterocycles. The van der Waals surface area contributed by atoms with Crippen molar-refractivity contribution < 1.29 is 14.3 Å². The summed E-state index contributed by atoms with van der Waals surface area (Å²) in [6.45, 7) is 8.47. The van der Waals surface area contributed by atoms with Gasteiger partial charge in [-0.05, 0) is 19.1 Å². The molecule has 0 bridgehead atoms. The second kappa shape index (κ2) is 8.10. The molecule has 0 radical (unpaired) electrons. The minimum atomic E-state index is -0.302. The summed E-state index contributed by atoms with van der Waals surface area (Å²) in [6.07, 6.45) is 1.74. The fourth-order valence-electron chi connectivity index (χ4n) is 2.91. The molecule has 28 heavy (non-hydrogen) atoms. The van der Waals surface area contributed by atoms with E-state index < -0.39 is 0 Å². The van der Waals surface area contributed by atoms with E-state index >= 15 is 0 Å². The van der Waals surface area contributed by atoms with Crippen molar-refractivity contribution in [3.05, 3.63) is 41.2 Å². The van der Waals surface area contributed by atoms with E-state index in [-0.39, 0.29) is 30.3 Å². The van der Waals surface area contributed by atoms with Crippen LogP contribution in [0.3, 0.4) is 0 Å². The average molecular weight is 401 g/mol. The lowest BCUT2D eigenvalue weighted by Crippen LogP contribution is -2.25. The Labute approximate surface area is 167 Å². The van der Waals surface area contributed by atoms with Gasteiger partial charge in [-0.3, -0.25) is 9.59 Å². The monoisotopic (exact) mass is 400 g/mol. The number of para-hydroxylation sites is 2. The molecule has 0 aliphatic carbocycles. The molecule has 3 aromatic rings. The quantitative estimate of drug-likeness (QED) is 0.640. The number of amides is 1. The zero-order chi connectivity index (χ0) is 20.3. The van der Waals surface area contributed by atoms with Crippen LogP contribution < -0.4 is 5.32 Å². The first kappa shape index (κ1) is 20.0. The van der Waals surface area contributed by atoms with Crippen LogP contribution in [-0.2, 0) is 32.7 Å². The van der Waals surface area contributed by atoms with Crippen LogP contribution in [-0.4, -0.2) is 33.0 Å². The standard InChI is InChI=1S/C20H24N4O3S/c1-5-27-17(26)10-13-11-21-19(28-13)23-16(25)12-24-15-9-7-6-8-14(15)22-18(24)20(2,3)4/h6-9,11H,5,10,12H2,1-4H3,(H,21,23,25). The summed E-state index contributed by atoms with van der Waals surface area (Å²) in [7, 11) is 0. The van der Waals surface area contributed by atoms with Gasteiger partial charge in [0.15, 0.2) is 5.13 Å². The zero-order valence-electron chi connectivity index (χ0n) is 16.5. The Bertz CT molecular complexity index is 1000. The topological polar surface area (TPSA) is 86.1 Å². The van der Waals surface area contributed by atoms with Crippen molar-refractivity contribution in [3.63, 3.8) is 0 Å². The second-order valence-corrected chi connectivity index (χ2v) is 8.54. The minimum Gasteiger partial charge on any atom is -0.466 e. The molecular formula is C20H24N4O3S. The molecule has 0 saturated carbocycles. The number of anilines is 1. The molecule has 2 aromatic heterocycles. The predicted molar refractivity (Wildman–Crippen MR) is 110 cm³/mol. The Morgan fingerprint density at radius 2 is 2.00 bits per heavy atom. The summed E-state index contributed by atoms with van der Waals surface area (Å²) in [5.41, 5.74) is 1.59. The van der Waals surface area contributed by atoms with Gasteiger partial charge in [-0.1, -0.05) is 32.9 Å². The molecule has 0 fully saturated rings. The number of benzene rings is 1. The molecule has 3 rings (SSSR count). The van der Waals surface area contributed by atoms with E-state index in [1.54, 1.807) is 13.1 Å². The first-order valence-corrected chi connectivity index (χ1v) is 9.95. The number of rotatable bonds is 6. The molecule has 1 aromatic carbocycles. The molecule has 0 unspecified atom stereocenters. The van der Waals surface area contributed by atoms with Crippen LogP contribution >= 0.6 is 11.3 Å². The summed E-state index contributed by atoms with van der Waals surface area (Å²) in [5.74, 6) is 0.361. The van der Waals surface area contributed by atoms with Gasteiger partial charge in [0.05, 0.1) is 24.1 Å². The number of hydrogen-bond acceptors (Lipinski definition) is 6. The second-order valence-electron chi connectivity index (χ2n) is 7.42. The van der Waals surface area contributed by atoms with Gasteiger partial charge < -0.3 is 14.6 Å². The van der Waals surface area contributed by atoms with Crippen molar-refractivity contribution in [2.45, 2.75) is 46.1 Å². The number of esters is 1. The fraction of sp³-hybridized carbons (Fsp3) is 0.400. The summed E-state index contributed by atoms with van der Waals surface area (Å²) < 4.78 is 6.88. The lowest BCUT2D eigenvalue weighted by atomic mass is 9.95. The van der Waals surface area contributed by atoms with Gasteiger partial charge in [-0.15, -0.1) is 11.3 Å². The van der Waals surface area contributed by atoms with Crippen LogP contribution in [0.5, 0.6) is 0 Å². The molecule has 0 saturated heterocycles. The molecule has 0 atom stereocenters. The first-order chi connectivity index (χ1) is 13.3. The highest BCUT2D eigenvalue weighted by Gasteiger charge is 2.24. The predicted octanol–water partition coefficient (Wildman–Crippen LogP) is 3.53. The maximum Gasteiger partial charge on any atom is 0.311 e. The summed E-state index contributed by atoms with van der Waals surface area (Å²) in [4.78, 5) is 33.9. The molecular weight excluding hydrogens is 376 g/mol. The highest BCUT2D eigenvalue weighted by molar-refractivity contribution is 7.15. The lowest BCUT2D eigenvalue weighted by molar-refractivity contribution is -0.142. The number of ether oxygens (including phenoxy) is 1. The van der Waals surface area contributed by atoms with E-state index in [1.807, 2.05) is 28.8 Å². The maximum atomic E-state index is 12.7. The summed E-state index contributed by atoms with van der Waals surface area (Å²) >= 11 is 1.27. The average Bonchev–Trinajstić information content (AvgIpc) is 3.19. The molecule has 8 heteroatoms. The number of thiazole rings is 1. The number of imidazole rings is 1. The number of carbonyl (C=O) groups excluding carboxylic acids is 2. The van der Waals surface area contributed by atoms with Crippen molar-refractivity contribution in [1.29, 1.82) is 0 Å². The molecule has 1 N–H and O–H groups in total. The van der Waals surface area contributed by atoms with Crippen molar-refractivity contribution >= 4 is 39.4 Å². The van der Waals surface area contributed by atoms with Crippen LogP contribution in [0.15, 0.2) is 30.5 Å². The normalized spacial score (nSPS) is 11.6.